The first-order chi connectivity index (χ1) is 9.49. The number of nitrogens with one attached hydrogen (secondary N) is 1. The van der Waals surface area contributed by atoms with Crippen LogP contribution in [0.15, 0.2) is 40.9 Å². The predicted molar refractivity (Wildman–Crippen MR) is 77.9 cm³/mol. The zero-order chi connectivity index (χ0) is 14.7. The number of halogens is 1. The molecule has 20 heavy (non-hydrogen) atoms. The summed E-state index contributed by atoms with van der Waals surface area (Å²) >= 11 is 3.13. The molecule has 0 aliphatic rings. The lowest BCUT2D eigenvalue weighted by molar-refractivity contribution is -0.385. The van der Waals surface area contributed by atoms with Crippen molar-refractivity contribution >= 4 is 27.3 Å². The normalized spacial score (nSPS) is 10.2. The van der Waals surface area contributed by atoms with E-state index in [0.717, 1.165) is 0 Å². The van der Waals surface area contributed by atoms with Crippen molar-refractivity contribution in [1.82, 2.24) is 0 Å². The third-order valence-electron chi connectivity index (χ3n) is 2.73. The van der Waals surface area contributed by atoms with Crippen molar-refractivity contribution in [1.29, 1.82) is 0 Å². The number of nitrogens with zero attached hydrogens (tertiary/aromatic N) is 1. The van der Waals surface area contributed by atoms with Crippen LogP contribution >= 0.6 is 15.9 Å². The second-order valence-electron chi connectivity index (χ2n) is 4.06. The number of anilines is 1. The summed E-state index contributed by atoms with van der Waals surface area (Å²) in [5.41, 5.74) is 1.17. The van der Waals surface area contributed by atoms with Gasteiger partial charge in [0.25, 0.3) is 5.69 Å². The second-order valence-corrected chi connectivity index (χ2v) is 4.92. The molecule has 3 N–H and O–H groups in total. The van der Waals surface area contributed by atoms with Gasteiger partial charge in [-0.05, 0) is 34.1 Å². The van der Waals surface area contributed by atoms with Crippen LogP contribution in [0.5, 0.6) is 11.5 Å². The molecule has 7 heteroatoms. The molecular weight excluding hydrogens is 328 g/mol. The second kappa shape index (κ2) is 5.79. The lowest BCUT2D eigenvalue weighted by atomic mass is 10.2. The minimum absolute atomic E-state index is 0.0178. The molecule has 0 atom stereocenters. The van der Waals surface area contributed by atoms with Crippen LogP contribution in [0.25, 0.3) is 0 Å². The Morgan fingerprint density at radius 3 is 2.65 bits per heavy atom. The summed E-state index contributed by atoms with van der Waals surface area (Å²) in [5.74, 6) is -0.366. The van der Waals surface area contributed by atoms with E-state index in [4.69, 9.17) is 0 Å². The first kappa shape index (κ1) is 14.1. The molecule has 0 fully saturated rings. The van der Waals surface area contributed by atoms with Gasteiger partial charge in [0.15, 0.2) is 11.5 Å². The number of nitro groups is 1. The topological polar surface area (TPSA) is 95.6 Å². The van der Waals surface area contributed by atoms with E-state index in [-0.39, 0.29) is 23.7 Å². The van der Waals surface area contributed by atoms with Crippen molar-refractivity contribution in [2.24, 2.45) is 0 Å². The number of aromatic hydroxyl groups is 2. The number of phenols is 2. The highest BCUT2D eigenvalue weighted by molar-refractivity contribution is 9.10. The van der Waals surface area contributed by atoms with Gasteiger partial charge >= 0.3 is 0 Å². The molecule has 2 aromatic carbocycles. The predicted octanol–water partition coefficient (Wildman–Crippen LogP) is 3.38. The Kier molecular flexibility index (Phi) is 4.09. The van der Waals surface area contributed by atoms with E-state index in [2.05, 4.69) is 21.2 Å². The Morgan fingerprint density at radius 2 is 2.00 bits per heavy atom. The molecule has 0 amide bonds. The van der Waals surface area contributed by atoms with Gasteiger partial charge in [0.2, 0.25) is 0 Å². The zero-order valence-corrected chi connectivity index (χ0v) is 11.8. The molecule has 2 aromatic rings. The Labute approximate surface area is 123 Å². The van der Waals surface area contributed by atoms with Gasteiger partial charge in [-0.1, -0.05) is 12.1 Å². The Balaban J connectivity index is 2.13. The summed E-state index contributed by atoms with van der Waals surface area (Å²) in [6.45, 7) is 0.282. The number of rotatable bonds is 4. The van der Waals surface area contributed by atoms with Gasteiger partial charge in [-0.2, -0.15) is 0 Å². The Hall–Kier alpha value is -2.28. The quantitative estimate of drug-likeness (QED) is 0.451. The summed E-state index contributed by atoms with van der Waals surface area (Å²) in [4.78, 5) is 10.2. The highest BCUT2D eigenvalue weighted by Gasteiger charge is 2.12. The van der Waals surface area contributed by atoms with Gasteiger partial charge in [-0.15, -0.1) is 0 Å². The smallest absolute Gasteiger partial charge is 0.283 e. The molecular formula is C13H11BrN2O4. The summed E-state index contributed by atoms with van der Waals surface area (Å²) in [7, 11) is 0. The number of hydrogen-bond donors (Lipinski definition) is 3. The summed E-state index contributed by atoms with van der Waals surface area (Å²) in [6, 6.07) is 9.22. The molecule has 0 saturated carbocycles. The van der Waals surface area contributed by atoms with E-state index < -0.39 is 4.92 Å². The molecule has 6 nitrogen and oxygen atoms in total. The van der Waals surface area contributed by atoms with E-state index in [0.29, 0.717) is 15.7 Å². The number of hydrogen-bond acceptors (Lipinski definition) is 5. The monoisotopic (exact) mass is 338 g/mol. The average molecular weight is 339 g/mol. The molecule has 0 unspecified atom stereocenters. The van der Waals surface area contributed by atoms with Gasteiger partial charge < -0.3 is 15.5 Å². The van der Waals surface area contributed by atoms with Crippen molar-refractivity contribution in [2.75, 3.05) is 5.32 Å². The van der Waals surface area contributed by atoms with Crippen LogP contribution in [0, 0.1) is 10.1 Å². The highest BCUT2D eigenvalue weighted by Crippen LogP contribution is 2.30. The standard InChI is InChI=1S/C13H11BrN2O4/c14-10-6-9(4-5-11(10)16(19)20)15-7-8-2-1-3-12(17)13(8)18/h1-6,15,17-18H,7H2. The Morgan fingerprint density at radius 1 is 1.25 bits per heavy atom. The SMILES string of the molecule is O=[N+]([O-])c1ccc(NCc2cccc(O)c2O)cc1Br. The van der Waals surface area contributed by atoms with Gasteiger partial charge in [0.05, 0.1) is 9.40 Å². The van der Waals surface area contributed by atoms with E-state index in [9.17, 15) is 20.3 Å². The highest BCUT2D eigenvalue weighted by atomic mass is 79.9. The van der Waals surface area contributed by atoms with E-state index in [1.807, 2.05) is 0 Å². The number of nitro benzene ring substituents is 1. The van der Waals surface area contributed by atoms with Gasteiger partial charge in [0, 0.05) is 23.9 Å². The van der Waals surface area contributed by atoms with Crippen molar-refractivity contribution in [3.05, 3.63) is 56.5 Å². The van der Waals surface area contributed by atoms with Crippen molar-refractivity contribution in [2.45, 2.75) is 6.54 Å². The number of para-hydroxylation sites is 1. The minimum Gasteiger partial charge on any atom is -0.504 e. The van der Waals surface area contributed by atoms with Crippen molar-refractivity contribution < 1.29 is 15.1 Å². The van der Waals surface area contributed by atoms with Crippen LogP contribution in [0.4, 0.5) is 11.4 Å². The van der Waals surface area contributed by atoms with Gasteiger partial charge in [-0.25, -0.2) is 0 Å². The third kappa shape index (κ3) is 3.00. The molecule has 0 saturated heterocycles. The Bertz CT molecular complexity index is 661. The molecule has 0 radical (unpaired) electrons. The van der Waals surface area contributed by atoms with Gasteiger partial charge in [-0.3, -0.25) is 10.1 Å². The first-order valence-corrected chi connectivity index (χ1v) is 6.46. The maximum atomic E-state index is 10.7. The average Bonchev–Trinajstić information content (AvgIpc) is 2.40. The summed E-state index contributed by atoms with van der Waals surface area (Å²) in [5, 5.41) is 32.7. The molecule has 0 aliphatic carbocycles. The van der Waals surface area contributed by atoms with Crippen molar-refractivity contribution in [3.8, 4) is 11.5 Å². The van der Waals surface area contributed by atoms with Crippen LogP contribution in [-0.2, 0) is 6.54 Å². The van der Waals surface area contributed by atoms with Crippen LogP contribution in [0.2, 0.25) is 0 Å². The maximum absolute atomic E-state index is 10.7. The van der Waals surface area contributed by atoms with Crippen LogP contribution in [0.3, 0.4) is 0 Å². The van der Waals surface area contributed by atoms with Crippen molar-refractivity contribution in [3.63, 3.8) is 0 Å². The van der Waals surface area contributed by atoms with Gasteiger partial charge in [0.1, 0.15) is 0 Å². The first-order valence-electron chi connectivity index (χ1n) is 5.66. The number of phenolic OH excluding ortho intramolecular Hbond substituents is 2. The maximum Gasteiger partial charge on any atom is 0.283 e. The van der Waals surface area contributed by atoms with Crippen LogP contribution < -0.4 is 5.32 Å². The molecule has 0 aliphatic heterocycles. The third-order valence-corrected chi connectivity index (χ3v) is 3.36. The van der Waals surface area contributed by atoms with E-state index >= 15 is 0 Å². The van der Waals surface area contributed by atoms with Crippen LogP contribution in [-0.4, -0.2) is 15.1 Å². The molecule has 0 bridgehead atoms. The molecule has 0 heterocycles. The molecule has 2 rings (SSSR count). The molecule has 0 spiro atoms. The zero-order valence-electron chi connectivity index (χ0n) is 10.2. The largest absolute Gasteiger partial charge is 0.504 e. The number of benzene rings is 2. The fourth-order valence-corrected chi connectivity index (χ4v) is 2.21. The fourth-order valence-electron chi connectivity index (χ4n) is 1.68. The van der Waals surface area contributed by atoms with E-state index in [1.165, 1.54) is 12.1 Å². The van der Waals surface area contributed by atoms with Crippen LogP contribution in [0.1, 0.15) is 5.56 Å². The summed E-state index contributed by atoms with van der Waals surface area (Å²) in [6.07, 6.45) is 0. The van der Waals surface area contributed by atoms with E-state index in [1.54, 1.807) is 24.3 Å². The molecule has 0 aromatic heterocycles. The lowest BCUT2D eigenvalue weighted by Gasteiger charge is -2.09. The fraction of sp³-hybridized carbons (Fsp3) is 0.0769. The minimum atomic E-state index is -0.477. The lowest BCUT2D eigenvalue weighted by Crippen LogP contribution is -2.00. The summed E-state index contributed by atoms with van der Waals surface area (Å²) < 4.78 is 0.368. The molecule has 104 valence electrons.